The number of thioether (sulfide) groups is 1. The van der Waals surface area contributed by atoms with E-state index in [-0.39, 0.29) is 12.5 Å². The van der Waals surface area contributed by atoms with Crippen molar-refractivity contribution in [3.63, 3.8) is 0 Å². The van der Waals surface area contributed by atoms with Crippen LogP contribution in [0, 0.1) is 5.92 Å². The van der Waals surface area contributed by atoms with Gasteiger partial charge in [0.25, 0.3) is 0 Å². The predicted molar refractivity (Wildman–Crippen MR) is 80.7 cm³/mol. The third kappa shape index (κ3) is 7.90. The van der Waals surface area contributed by atoms with E-state index in [1.807, 2.05) is 18.2 Å². The molecule has 0 aliphatic rings. The highest BCUT2D eigenvalue weighted by Gasteiger charge is 2.13. The average Bonchev–Trinajstić information content (AvgIpc) is 2.36. The molecule has 0 saturated heterocycles. The number of hydrogen-bond donors (Lipinski definition) is 2. The van der Waals surface area contributed by atoms with Gasteiger partial charge in [0.1, 0.15) is 0 Å². The molecule has 0 aromatic heterocycles. The van der Waals surface area contributed by atoms with Crippen molar-refractivity contribution in [2.45, 2.75) is 37.6 Å². The molecule has 1 aromatic carbocycles. The maximum atomic E-state index is 10.9. The number of hydrogen-bond acceptors (Lipinski definition) is 3. The lowest BCUT2D eigenvalue weighted by Crippen LogP contribution is -2.34. The van der Waals surface area contributed by atoms with Crippen LogP contribution in [0.25, 0.3) is 0 Å². The van der Waals surface area contributed by atoms with E-state index < -0.39 is 5.97 Å². The summed E-state index contributed by atoms with van der Waals surface area (Å²) in [5, 5.41) is 12.3. The summed E-state index contributed by atoms with van der Waals surface area (Å²) in [6.07, 6.45) is 1.25. The van der Waals surface area contributed by atoms with Gasteiger partial charge in [-0.25, -0.2) is 0 Å². The third-order valence-corrected chi connectivity index (χ3v) is 3.94. The van der Waals surface area contributed by atoms with Gasteiger partial charge in [0.2, 0.25) is 0 Å². The van der Waals surface area contributed by atoms with Crippen molar-refractivity contribution in [3.8, 4) is 0 Å². The molecule has 0 unspecified atom stereocenters. The number of carboxylic acids is 1. The zero-order valence-corrected chi connectivity index (χ0v) is 12.5. The Labute approximate surface area is 119 Å². The largest absolute Gasteiger partial charge is 0.481 e. The van der Waals surface area contributed by atoms with Crippen molar-refractivity contribution in [2.75, 3.05) is 12.3 Å². The van der Waals surface area contributed by atoms with Gasteiger partial charge in [-0.05, 0) is 31.0 Å². The molecule has 0 radical (unpaired) electrons. The smallest absolute Gasteiger partial charge is 0.304 e. The van der Waals surface area contributed by atoms with E-state index in [2.05, 4.69) is 31.3 Å². The van der Waals surface area contributed by atoms with Crippen LogP contribution in [-0.4, -0.2) is 29.4 Å². The van der Waals surface area contributed by atoms with E-state index in [9.17, 15) is 4.79 Å². The molecular formula is C15H23NO2S. The first kappa shape index (κ1) is 16.1. The number of benzene rings is 1. The van der Waals surface area contributed by atoms with Gasteiger partial charge in [-0.3, -0.25) is 4.79 Å². The summed E-state index contributed by atoms with van der Waals surface area (Å²) in [5.74, 6) is 0.685. The lowest BCUT2D eigenvalue weighted by atomic mass is 10.1. The molecule has 19 heavy (non-hydrogen) atoms. The number of carboxylic acid groups (broad SMARTS) is 1. The molecule has 0 fully saturated rings. The topological polar surface area (TPSA) is 49.3 Å². The molecule has 106 valence electrons. The van der Waals surface area contributed by atoms with E-state index in [4.69, 9.17) is 5.11 Å². The maximum Gasteiger partial charge on any atom is 0.304 e. The molecule has 0 aliphatic heterocycles. The van der Waals surface area contributed by atoms with Gasteiger partial charge >= 0.3 is 5.97 Å². The fourth-order valence-corrected chi connectivity index (χ4v) is 2.67. The molecule has 0 aliphatic carbocycles. The van der Waals surface area contributed by atoms with Crippen molar-refractivity contribution in [1.82, 2.24) is 5.32 Å². The Kier molecular flexibility index (Phi) is 7.60. The second kappa shape index (κ2) is 8.99. The minimum atomic E-state index is -0.740. The summed E-state index contributed by atoms with van der Waals surface area (Å²) < 4.78 is 0. The molecule has 2 N–H and O–H groups in total. The molecule has 0 bridgehead atoms. The standard InChI is InChI=1S/C15H23NO2S/c1-12(2)8-9-16-13(10-15(17)18)11-19-14-6-4-3-5-7-14/h3-7,12-13,16H,8-11H2,1-2H3,(H,17,18)/t13-/m0/s1. The van der Waals surface area contributed by atoms with Gasteiger partial charge in [0.05, 0.1) is 6.42 Å². The number of nitrogens with one attached hydrogen (secondary N) is 1. The Morgan fingerprint density at radius 1 is 1.32 bits per heavy atom. The van der Waals surface area contributed by atoms with Crippen LogP contribution in [0.15, 0.2) is 35.2 Å². The van der Waals surface area contributed by atoms with E-state index in [1.54, 1.807) is 11.8 Å². The summed E-state index contributed by atoms with van der Waals surface area (Å²) in [4.78, 5) is 12.1. The maximum absolute atomic E-state index is 10.9. The van der Waals surface area contributed by atoms with Crippen LogP contribution in [0.3, 0.4) is 0 Å². The van der Waals surface area contributed by atoms with Crippen LogP contribution in [-0.2, 0) is 4.79 Å². The van der Waals surface area contributed by atoms with Crippen molar-refractivity contribution >= 4 is 17.7 Å². The second-order valence-electron chi connectivity index (χ2n) is 5.06. The Bertz CT molecular complexity index is 368. The Morgan fingerprint density at radius 2 is 2.00 bits per heavy atom. The van der Waals surface area contributed by atoms with E-state index in [0.29, 0.717) is 5.92 Å². The monoisotopic (exact) mass is 281 g/mol. The van der Waals surface area contributed by atoms with Gasteiger partial charge < -0.3 is 10.4 Å². The van der Waals surface area contributed by atoms with Crippen LogP contribution in [0.1, 0.15) is 26.7 Å². The molecule has 0 heterocycles. The molecule has 3 nitrogen and oxygen atoms in total. The van der Waals surface area contributed by atoms with Crippen molar-refractivity contribution in [3.05, 3.63) is 30.3 Å². The lowest BCUT2D eigenvalue weighted by molar-refractivity contribution is -0.137. The molecule has 0 amide bonds. The average molecular weight is 281 g/mol. The van der Waals surface area contributed by atoms with Crippen LogP contribution in [0.2, 0.25) is 0 Å². The molecule has 0 saturated carbocycles. The molecule has 0 spiro atoms. The van der Waals surface area contributed by atoms with E-state index in [1.165, 1.54) is 4.90 Å². The first-order valence-corrected chi connectivity index (χ1v) is 7.69. The van der Waals surface area contributed by atoms with Crippen molar-refractivity contribution in [2.24, 2.45) is 5.92 Å². The Balaban J connectivity index is 2.38. The first-order chi connectivity index (χ1) is 9.08. The van der Waals surface area contributed by atoms with Crippen LogP contribution in [0.4, 0.5) is 0 Å². The van der Waals surface area contributed by atoms with Gasteiger partial charge in [-0.1, -0.05) is 32.0 Å². The van der Waals surface area contributed by atoms with Crippen LogP contribution >= 0.6 is 11.8 Å². The third-order valence-electron chi connectivity index (χ3n) is 2.77. The number of rotatable bonds is 9. The zero-order valence-electron chi connectivity index (χ0n) is 11.6. The Morgan fingerprint density at radius 3 is 2.58 bits per heavy atom. The summed E-state index contributed by atoms with van der Waals surface area (Å²) in [7, 11) is 0. The zero-order chi connectivity index (χ0) is 14.1. The molecule has 1 aromatic rings. The highest BCUT2D eigenvalue weighted by Crippen LogP contribution is 2.18. The molecule has 1 atom stereocenters. The SMILES string of the molecule is CC(C)CCN[C@H](CSc1ccccc1)CC(=O)O. The van der Waals surface area contributed by atoms with Gasteiger partial charge in [0, 0.05) is 16.7 Å². The summed E-state index contributed by atoms with van der Waals surface area (Å²) in [6, 6.07) is 10.1. The fraction of sp³-hybridized carbons (Fsp3) is 0.533. The first-order valence-electron chi connectivity index (χ1n) is 6.71. The van der Waals surface area contributed by atoms with Crippen molar-refractivity contribution < 1.29 is 9.90 Å². The van der Waals surface area contributed by atoms with E-state index >= 15 is 0 Å². The van der Waals surface area contributed by atoms with Gasteiger partial charge in [-0.15, -0.1) is 11.8 Å². The molecule has 4 heteroatoms. The Hall–Kier alpha value is -1.00. The lowest BCUT2D eigenvalue weighted by Gasteiger charge is -2.17. The normalized spacial score (nSPS) is 12.6. The predicted octanol–water partition coefficient (Wildman–Crippen LogP) is 3.26. The fourth-order valence-electron chi connectivity index (χ4n) is 1.69. The van der Waals surface area contributed by atoms with Crippen LogP contribution in [0.5, 0.6) is 0 Å². The highest BCUT2D eigenvalue weighted by atomic mass is 32.2. The molecular weight excluding hydrogens is 258 g/mol. The molecule has 1 rings (SSSR count). The summed E-state index contributed by atoms with van der Waals surface area (Å²) >= 11 is 1.70. The highest BCUT2D eigenvalue weighted by molar-refractivity contribution is 7.99. The number of aliphatic carboxylic acids is 1. The minimum Gasteiger partial charge on any atom is -0.481 e. The quantitative estimate of drug-likeness (QED) is 0.682. The summed E-state index contributed by atoms with van der Waals surface area (Å²) in [6.45, 7) is 5.23. The van der Waals surface area contributed by atoms with Crippen LogP contribution < -0.4 is 5.32 Å². The minimum absolute atomic E-state index is 0.0291. The number of carbonyl (C=O) groups is 1. The van der Waals surface area contributed by atoms with Gasteiger partial charge in [0.15, 0.2) is 0 Å². The van der Waals surface area contributed by atoms with Crippen molar-refractivity contribution in [1.29, 1.82) is 0 Å². The second-order valence-corrected chi connectivity index (χ2v) is 6.15. The summed E-state index contributed by atoms with van der Waals surface area (Å²) in [5.41, 5.74) is 0. The van der Waals surface area contributed by atoms with E-state index in [0.717, 1.165) is 18.7 Å². The van der Waals surface area contributed by atoms with Gasteiger partial charge in [-0.2, -0.15) is 0 Å².